The van der Waals surface area contributed by atoms with E-state index in [0.717, 1.165) is 16.9 Å². The molecule has 41 heavy (non-hydrogen) atoms. The third kappa shape index (κ3) is 6.32. The van der Waals surface area contributed by atoms with E-state index in [1.54, 1.807) is 18.2 Å². The number of alkyl halides is 2. The molecule has 0 bridgehead atoms. The zero-order valence-electron chi connectivity index (χ0n) is 21.8. The summed E-state index contributed by atoms with van der Waals surface area (Å²) < 4.78 is 76.7. The molecule has 4 aromatic rings. The fourth-order valence-corrected chi connectivity index (χ4v) is 6.22. The van der Waals surface area contributed by atoms with Crippen molar-refractivity contribution in [2.75, 3.05) is 36.5 Å². The molecule has 1 saturated heterocycles. The Morgan fingerprint density at radius 3 is 2.51 bits per heavy atom. The fraction of sp³-hybridized carbons (Fsp3) is 0.375. The van der Waals surface area contributed by atoms with Crippen LogP contribution >= 0.6 is 0 Å². The second kappa shape index (κ2) is 11.0. The molecule has 0 atom stereocenters. The standard InChI is InChI=1S/C24H28F2N8O5S2/c1-40(36,37)33-7-4-16(5-8-33)30-24-29-13-15-10-18(21(25)26)23(35)34(22(15)32-24)9-6-28-17-3-2-14-11-20(41(27,38)39)31-19(14)12-17/h2-3,10-13,16,21,28,31H,4-9H2,1H3,(H2,27,38,39)(H,29,30,32). The second-order valence-corrected chi connectivity index (χ2v) is 13.3. The van der Waals surface area contributed by atoms with Gasteiger partial charge < -0.3 is 15.6 Å². The number of H-pyrrole nitrogens is 1. The summed E-state index contributed by atoms with van der Waals surface area (Å²) in [6, 6.07) is 7.45. The molecule has 1 aromatic carbocycles. The quantitative estimate of drug-likeness (QED) is 0.219. The lowest BCUT2D eigenvalue weighted by atomic mass is 10.1. The van der Waals surface area contributed by atoms with Crippen LogP contribution < -0.4 is 21.3 Å². The first-order valence-electron chi connectivity index (χ1n) is 12.6. The lowest BCUT2D eigenvalue weighted by molar-refractivity contribution is 0.149. The molecule has 5 rings (SSSR count). The molecule has 0 unspecified atom stereocenters. The van der Waals surface area contributed by atoms with E-state index in [0.29, 0.717) is 42.5 Å². The number of anilines is 2. The van der Waals surface area contributed by atoms with Crippen molar-refractivity contribution < 1.29 is 25.6 Å². The Morgan fingerprint density at radius 1 is 1.12 bits per heavy atom. The number of fused-ring (bicyclic) bond motifs is 2. The van der Waals surface area contributed by atoms with Crippen LogP contribution in [0.2, 0.25) is 0 Å². The molecule has 17 heteroatoms. The predicted molar refractivity (Wildman–Crippen MR) is 150 cm³/mol. The zero-order valence-corrected chi connectivity index (χ0v) is 23.5. The number of sulfonamides is 2. The summed E-state index contributed by atoms with van der Waals surface area (Å²) in [5.41, 5.74) is -0.256. The lowest BCUT2D eigenvalue weighted by Gasteiger charge is -2.30. The van der Waals surface area contributed by atoms with E-state index in [1.165, 1.54) is 16.6 Å². The summed E-state index contributed by atoms with van der Waals surface area (Å²) in [6.07, 6.45) is 0.594. The van der Waals surface area contributed by atoms with Gasteiger partial charge in [0.15, 0.2) is 0 Å². The molecule has 0 radical (unpaired) electrons. The van der Waals surface area contributed by atoms with Gasteiger partial charge in [-0.15, -0.1) is 0 Å². The summed E-state index contributed by atoms with van der Waals surface area (Å²) in [7, 11) is -7.19. The van der Waals surface area contributed by atoms with Crippen molar-refractivity contribution in [2.24, 2.45) is 5.14 Å². The number of nitrogens with one attached hydrogen (secondary N) is 3. The average Bonchev–Trinajstić information content (AvgIpc) is 3.34. The first-order valence-corrected chi connectivity index (χ1v) is 16.0. The van der Waals surface area contributed by atoms with Crippen molar-refractivity contribution in [3.63, 3.8) is 0 Å². The SMILES string of the molecule is CS(=O)(=O)N1CCC(Nc2ncc3cc(C(F)F)c(=O)n(CCNc4ccc5cc(S(N)(=O)=O)[nH]c5c4)c3n2)CC1. The number of nitrogens with zero attached hydrogens (tertiary/aromatic N) is 4. The summed E-state index contributed by atoms with van der Waals surface area (Å²) >= 11 is 0. The highest BCUT2D eigenvalue weighted by atomic mass is 32.2. The Bertz CT molecular complexity index is 1890. The third-order valence-corrected chi connectivity index (χ3v) is 9.05. The van der Waals surface area contributed by atoms with Gasteiger partial charge in [0.05, 0.1) is 11.8 Å². The number of piperidine rings is 1. The van der Waals surface area contributed by atoms with Crippen LogP contribution in [0.3, 0.4) is 0 Å². The van der Waals surface area contributed by atoms with Crippen molar-refractivity contribution in [2.45, 2.75) is 36.9 Å². The minimum absolute atomic E-state index is 0.00964. The van der Waals surface area contributed by atoms with Crippen LogP contribution in [0.25, 0.3) is 21.9 Å². The van der Waals surface area contributed by atoms with Gasteiger partial charge in [0, 0.05) is 60.4 Å². The predicted octanol–water partition coefficient (Wildman–Crippen LogP) is 1.81. The van der Waals surface area contributed by atoms with Gasteiger partial charge in [0.1, 0.15) is 10.7 Å². The van der Waals surface area contributed by atoms with E-state index in [2.05, 4.69) is 25.6 Å². The van der Waals surface area contributed by atoms with E-state index in [9.17, 15) is 30.4 Å². The number of nitrogens with two attached hydrogens (primary N) is 1. The maximum absolute atomic E-state index is 13.7. The van der Waals surface area contributed by atoms with E-state index < -0.39 is 37.6 Å². The van der Waals surface area contributed by atoms with Crippen LogP contribution in [-0.4, -0.2) is 72.6 Å². The number of aromatic nitrogens is 4. The molecule has 1 aliphatic rings. The number of hydrogen-bond donors (Lipinski definition) is 4. The highest BCUT2D eigenvalue weighted by molar-refractivity contribution is 7.89. The summed E-state index contributed by atoms with van der Waals surface area (Å²) in [4.78, 5) is 24.4. The Balaban J connectivity index is 1.37. The van der Waals surface area contributed by atoms with Crippen LogP contribution in [0, 0.1) is 0 Å². The number of rotatable bonds is 9. The summed E-state index contributed by atoms with van der Waals surface area (Å²) in [6.45, 7) is 0.836. The van der Waals surface area contributed by atoms with Crippen molar-refractivity contribution in [3.8, 4) is 0 Å². The number of pyridine rings is 1. The third-order valence-electron chi connectivity index (χ3n) is 6.91. The van der Waals surface area contributed by atoms with Crippen LogP contribution in [0.1, 0.15) is 24.8 Å². The molecule has 13 nitrogen and oxygen atoms in total. The Hall–Kier alpha value is -3.67. The van der Waals surface area contributed by atoms with Gasteiger partial charge in [0.2, 0.25) is 16.0 Å². The molecule has 3 aromatic heterocycles. The molecule has 5 N–H and O–H groups in total. The highest BCUT2D eigenvalue weighted by Gasteiger charge is 2.25. The molecule has 220 valence electrons. The van der Waals surface area contributed by atoms with Gasteiger partial charge in [-0.05, 0) is 37.1 Å². The molecule has 1 fully saturated rings. The minimum atomic E-state index is -3.91. The Morgan fingerprint density at radius 2 is 1.85 bits per heavy atom. The van der Waals surface area contributed by atoms with Gasteiger partial charge in [-0.2, -0.15) is 4.98 Å². The van der Waals surface area contributed by atoms with Crippen molar-refractivity contribution in [3.05, 3.63) is 52.4 Å². The molecule has 0 spiro atoms. The summed E-state index contributed by atoms with van der Waals surface area (Å²) in [5, 5.41) is 12.2. The van der Waals surface area contributed by atoms with E-state index in [1.807, 2.05) is 0 Å². The Kier molecular flexibility index (Phi) is 7.71. The van der Waals surface area contributed by atoms with Crippen molar-refractivity contribution >= 4 is 53.6 Å². The van der Waals surface area contributed by atoms with E-state index >= 15 is 0 Å². The molecular formula is C24H28F2N8O5S2. The van der Waals surface area contributed by atoms with E-state index in [-0.39, 0.29) is 41.1 Å². The second-order valence-electron chi connectivity index (χ2n) is 9.82. The minimum Gasteiger partial charge on any atom is -0.383 e. The average molecular weight is 611 g/mol. The summed E-state index contributed by atoms with van der Waals surface area (Å²) in [5.74, 6) is 0.198. The molecule has 1 aliphatic heterocycles. The van der Waals surface area contributed by atoms with Crippen molar-refractivity contribution in [1.82, 2.24) is 23.8 Å². The fourth-order valence-electron chi connectivity index (χ4n) is 4.80. The van der Waals surface area contributed by atoms with Gasteiger partial charge in [0.25, 0.3) is 22.0 Å². The number of primary sulfonamides is 1. The van der Waals surface area contributed by atoms with Gasteiger partial charge in [-0.3, -0.25) is 9.36 Å². The molecule has 4 heterocycles. The molecule has 0 amide bonds. The largest absolute Gasteiger partial charge is 0.383 e. The number of halogens is 2. The number of aromatic amines is 1. The normalized spacial score (nSPS) is 15.6. The van der Waals surface area contributed by atoms with Crippen LogP contribution in [0.15, 0.2) is 46.3 Å². The Labute approximate surface area is 233 Å². The lowest BCUT2D eigenvalue weighted by Crippen LogP contribution is -2.42. The monoisotopic (exact) mass is 610 g/mol. The van der Waals surface area contributed by atoms with Crippen LogP contribution in [-0.2, 0) is 26.6 Å². The highest BCUT2D eigenvalue weighted by Crippen LogP contribution is 2.23. The van der Waals surface area contributed by atoms with Gasteiger partial charge >= 0.3 is 0 Å². The molecular weight excluding hydrogens is 582 g/mol. The zero-order chi connectivity index (χ0) is 29.5. The van der Waals surface area contributed by atoms with Crippen molar-refractivity contribution in [1.29, 1.82) is 0 Å². The van der Waals surface area contributed by atoms with Gasteiger partial charge in [-0.1, -0.05) is 6.07 Å². The van der Waals surface area contributed by atoms with Crippen LogP contribution in [0.4, 0.5) is 20.4 Å². The molecule has 0 aliphatic carbocycles. The number of benzene rings is 1. The maximum atomic E-state index is 13.7. The first-order chi connectivity index (χ1) is 19.3. The van der Waals surface area contributed by atoms with Crippen LogP contribution in [0.5, 0.6) is 0 Å². The smallest absolute Gasteiger partial charge is 0.269 e. The van der Waals surface area contributed by atoms with Gasteiger partial charge in [-0.25, -0.2) is 40.0 Å². The maximum Gasteiger partial charge on any atom is 0.269 e. The van der Waals surface area contributed by atoms with E-state index in [4.69, 9.17) is 5.14 Å². The molecule has 0 saturated carbocycles. The first kappa shape index (κ1) is 28.8. The number of hydrogen-bond acceptors (Lipinski definition) is 9. The topological polar surface area (TPSA) is 185 Å².